The highest BCUT2D eigenvalue weighted by Crippen LogP contribution is 2.35. The summed E-state index contributed by atoms with van der Waals surface area (Å²) in [4.78, 5) is 24.7. The lowest BCUT2D eigenvalue weighted by Gasteiger charge is -2.22. The minimum atomic E-state index is -0.202. The van der Waals surface area contributed by atoms with Crippen LogP contribution in [0.3, 0.4) is 0 Å². The normalized spacial score (nSPS) is 10.9. The number of aromatic hydroxyl groups is 1. The first-order valence-corrected chi connectivity index (χ1v) is 15.5. The van der Waals surface area contributed by atoms with Crippen LogP contribution in [-0.2, 0) is 17.9 Å². The first kappa shape index (κ1) is 32.2. The van der Waals surface area contributed by atoms with Crippen LogP contribution in [0.15, 0.2) is 96.0 Å². The van der Waals surface area contributed by atoms with Crippen LogP contribution in [0, 0.1) is 0 Å². The number of rotatable bonds is 15. The number of guanidine groups is 1. The van der Waals surface area contributed by atoms with Crippen LogP contribution in [0.5, 0.6) is 23.0 Å². The average Bonchev–Trinajstić information content (AvgIpc) is 3.48. The zero-order valence-corrected chi connectivity index (χ0v) is 26.0. The van der Waals surface area contributed by atoms with Gasteiger partial charge in [0.25, 0.3) is 5.91 Å². The number of aromatic nitrogens is 1. The van der Waals surface area contributed by atoms with Crippen LogP contribution in [0.2, 0.25) is 0 Å². The lowest BCUT2D eigenvalue weighted by atomic mass is 10.1. The van der Waals surface area contributed by atoms with Gasteiger partial charge in [0.05, 0.1) is 36.6 Å². The first-order valence-electron chi connectivity index (χ1n) is 14.7. The first-order chi connectivity index (χ1) is 22.4. The van der Waals surface area contributed by atoms with E-state index in [1.807, 2.05) is 60.7 Å². The molecule has 0 bridgehead atoms. The van der Waals surface area contributed by atoms with Gasteiger partial charge in [0.2, 0.25) is 0 Å². The van der Waals surface area contributed by atoms with Gasteiger partial charge in [0, 0.05) is 31.1 Å². The number of ether oxygens (including phenoxy) is 3. The molecule has 0 spiro atoms. The molecule has 12 heteroatoms. The smallest absolute Gasteiger partial charge is 0.260 e. The van der Waals surface area contributed by atoms with Gasteiger partial charge in [-0.3, -0.25) is 14.7 Å². The maximum Gasteiger partial charge on any atom is 0.260 e. The van der Waals surface area contributed by atoms with E-state index in [0.717, 1.165) is 21.3 Å². The Bertz CT molecular complexity index is 1770. The summed E-state index contributed by atoms with van der Waals surface area (Å²) in [5.41, 5.74) is 19.3. The predicted octanol–water partition coefficient (Wildman–Crippen LogP) is 5.16. The number of phenolic OH excluding ortho intramolecular Hbond substituents is 1. The molecule has 0 aliphatic heterocycles. The van der Waals surface area contributed by atoms with Gasteiger partial charge in [-0.1, -0.05) is 41.7 Å². The van der Waals surface area contributed by atoms with Crippen molar-refractivity contribution in [2.24, 2.45) is 22.2 Å². The summed E-state index contributed by atoms with van der Waals surface area (Å²) in [6.45, 7) is 2.28. The van der Waals surface area contributed by atoms with Gasteiger partial charge in [-0.2, -0.15) is 0 Å². The molecule has 0 fully saturated rings. The zero-order valence-electron chi connectivity index (χ0n) is 25.2. The molecular weight excluding hydrogens is 604 g/mol. The number of fused-ring (bicyclic) bond motifs is 1. The number of carbonyl (C=O) groups is 1. The Morgan fingerprint density at radius 3 is 2.41 bits per heavy atom. The van der Waals surface area contributed by atoms with E-state index in [0.29, 0.717) is 60.7 Å². The monoisotopic (exact) mass is 640 g/mol. The molecule has 0 radical (unpaired) electrons. The zero-order chi connectivity index (χ0) is 32.3. The second-order valence-electron chi connectivity index (χ2n) is 10.3. The van der Waals surface area contributed by atoms with Crippen LogP contribution in [-0.4, -0.2) is 48.3 Å². The number of benzene rings is 4. The van der Waals surface area contributed by atoms with Crippen molar-refractivity contribution in [2.75, 3.05) is 31.2 Å². The molecule has 1 heterocycles. The van der Waals surface area contributed by atoms with Crippen LogP contribution in [0.25, 0.3) is 10.2 Å². The Morgan fingerprint density at radius 1 is 0.913 bits per heavy atom. The molecule has 0 aliphatic rings. The van der Waals surface area contributed by atoms with E-state index in [1.54, 1.807) is 35.2 Å². The minimum Gasteiger partial charge on any atom is -0.508 e. The molecule has 5 rings (SSSR count). The summed E-state index contributed by atoms with van der Waals surface area (Å²) in [7, 11) is 0. The van der Waals surface area contributed by atoms with E-state index in [4.69, 9.17) is 36.4 Å². The molecule has 1 aromatic heterocycles. The number of aliphatic imine (C=N–C) groups is 1. The fourth-order valence-electron chi connectivity index (χ4n) is 4.55. The molecule has 1 amide bonds. The molecule has 4 aromatic carbocycles. The largest absolute Gasteiger partial charge is 0.508 e. The molecule has 0 aliphatic carbocycles. The van der Waals surface area contributed by atoms with E-state index in [-0.39, 0.29) is 30.8 Å². The van der Waals surface area contributed by atoms with Crippen LogP contribution < -0.4 is 31.6 Å². The van der Waals surface area contributed by atoms with Crippen molar-refractivity contribution in [3.63, 3.8) is 0 Å². The van der Waals surface area contributed by atoms with Gasteiger partial charge in [0.1, 0.15) is 23.0 Å². The summed E-state index contributed by atoms with van der Waals surface area (Å²) in [5, 5.41) is 10.1. The maximum atomic E-state index is 14.2. The fourth-order valence-corrected chi connectivity index (χ4v) is 5.54. The Hall–Kier alpha value is -5.17. The number of anilines is 1. The molecule has 0 atom stereocenters. The molecule has 46 heavy (non-hydrogen) atoms. The van der Waals surface area contributed by atoms with Crippen LogP contribution >= 0.6 is 11.3 Å². The fraction of sp³-hybridized carbons (Fsp3) is 0.206. The van der Waals surface area contributed by atoms with Gasteiger partial charge in [-0.05, 0) is 65.7 Å². The third kappa shape index (κ3) is 8.72. The Balaban J connectivity index is 1.40. The van der Waals surface area contributed by atoms with Crippen LogP contribution in [0.1, 0.15) is 27.9 Å². The SMILES string of the molecule is NCCOCc1ccccc1C(=O)N(Cc1ccc(OCCCN=C(N)N)cc1)c1nc2ccc(Oc3ccc(O)cc3)cc2s1. The van der Waals surface area contributed by atoms with E-state index in [1.165, 1.54) is 11.3 Å². The molecular formula is C34H36N6O5S. The van der Waals surface area contributed by atoms with E-state index >= 15 is 0 Å². The van der Waals surface area contributed by atoms with Gasteiger partial charge in [-0.25, -0.2) is 4.98 Å². The van der Waals surface area contributed by atoms with E-state index < -0.39 is 0 Å². The lowest BCUT2D eigenvalue weighted by Crippen LogP contribution is -2.31. The van der Waals surface area contributed by atoms with Gasteiger partial charge >= 0.3 is 0 Å². The van der Waals surface area contributed by atoms with Crippen molar-refractivity contribution in [3.05, 3.63) is 108 Å². The van der Waals surface area contributed by atoms with Crippen molar-refractivity contribution >= 4 is 38.6 Å². The van der Waals surface area contributed by atoms with Crippen molar-refractivity contribution in [1.82, 2.24) is 4.98 Å². The maximum absolute atomic E-state index is 14.2. The van der Waals surface area contributed by atoms with Gasteiger partial charge in [-0.15, -0.1) is 0 Å². The van der Waals surface area contributed by atoms with Crippen molar-refractivity contribution in [2.45, 2.75) is 19.6 Å². The topological polar surface area (TPSA) is 172 Å². The average molecular weight is 641 g/mol. The second-order valence-corrected chi connectivity index (χ2v) is 11.3. The Labute approximate surface area is 270 Å². The quantitative estimate of drug-likeness (QED) is 0.0685. The predicted molar refractivity (Wildman–Crippen MR) is 181 cm³/mol. The number of nitrogens with two attached hydrogens (primary N) is 3. The van der Waals surface area contributed by atoms with E-state index in [9.17, 15) is 9.90 Å². The molecule has 0 saturated heterocycles. The van der Waals surface area contributed by atoms with Crippen LogP contribution in [0.4, 0.5) is 5.13 Å². The number of amides is 1. The third-order valence-corrected chi connectivity index (χ3v) is 7.84. The summed E-state index contributed by atoms with van der Waals surface area (Å²) in [5.74, 6) is 1.93. The highest BCUT2D eigenvalue weighted by Gasteiger charge is 2.24. The molecule has 7 N–H and O–H groups in total. The van der Waals surface area contributed by atoms with Gasteiger partial charge in [0.15, 0.2) is 11.1 Å². The van der Waals surface area contributed by atoms with Gasteiger partial charge < -0.3 is 36.5 Å². The van der Waals surface area contributed by atoms with Crippen molar-refractivity contribution < 1.29 is 24.1 Å². The van der Waals surface area contributed by atoms with Crippen molar-refractivity contribution in [1.29, 1.82) is 0 Å². The van der Waals surface area contributed by atoms with E-state index in [2.05, 4.69) is 4.99 Å². The minimum absolute atomic E-state index is 0.0603. The number of carbonyl (C=O) groups excluding carboxylic acids is 1. The number of thiazole rings is 1. The number of hydrogen-bond donors (Lipinski definition) is 4. The second kappa shape index (κ2) is 15.7. The standard InChI is InChI=1S/C34H36N6O5S/c35-16-19-43-22-24-4-1-2-5-29(24)32(42)40(21-23-6-10-26(11-7-23)44-18-3-17-38-33(36)37)34-39-30-15-14-28(20-31(30)46-34)45-27-12-8-25(41)9-13-27/h1-2,4-15,20,41H,3,16-19,21-22,35H2,(H4,36,37,38). The molecule has 5 aromatic rings. The highest BCUT2D eigenvalue weighted by atomic mass is 32.1. The Kier molecular flexibility index (Phi) is 11.0. The molecule has 0 saturated carbocycles. The summed E-state index contributed by atoms with van der Waals surface area (Å²) in [6.07, 6.45) is 0.676. The molecule has 0 unspecified atom stereocenters. The Morgan fingerprint density at radius 2 is 1.65 bits per heavy atom. The van der Waals surface area contributed by atoms with Crippen molar-refractivity contribution in [3.8, 4) is 23.0 Å². The summed E-state index contributed by atoms with van der Waals surface area (Å²) in [6, 6.07) is 27.1. The molecule has 11 nitrogen and oxygen atoms in total. The highest BCUT2D eigenvalue weighted by molar-refractivity contribution is 7.22. The molecule has 238 valence electrons. The third-order valence-electron chi connectivity index (χ3n) is 6.79. The number of hydrogen-bond acceptors (Lipinski definition) is 9. The number of phenols is 1. The lowest BCUT2D eigenvalue weighted by molar-refractivity contribution is 0.0973. The summed E-state index contributed by atoms with van der Waals surface area (Å²) >= 11 is 1.40. The summed E-state index contributed by atoms with van der Waals surface area (Å²) < 4.78 is 18.3. The number of nitrogens with zero attached hydrogens (tertiary/aromatic N) is 3.